The molecule has 1 heterocycles. The van der Waals surface area contributed by atoms with E-state index >= 15 is 0 Å². The molecule has 0 bridgehead atoms. The number of halogens is 1. The zero-order valence-corrected chi connectivity index (χ0v) is 14.8. The van der Waals surface area contributed by atoms with E-state index in [0.29, 0.717) is 16.3 Å². The lowest BCUT2D eigenvalue weighted by molar-refractivity contribution is 0.0466. The smallest absolute Gasteiger partial charge is 0.340 e. The number of aryl methyl sites for hydroxylation is 1. The van der Waals surface area contributed by atoms with Crippen molar-refractivity contribution in [3.8, 4) is 0 Å². The Bertz CT molecular complexity index is 924. The quantitative estimate of drug-likeness (QED) is 0.622. The van der Waals surface area contributed by atoms with Gasteiger partial charge in [0.15, 0.2) is 0 Å². The highest BCUT2D eigenvalue weighted by Gasteiger charge is 2.20. The van der Waals surface area contributed by atoms with Crippen molar-refractivity contribution in [3.63, 3.8) is 0 Å². The Hall–Kier alpha value is -2.43. The largest absolute Gasteiger partial charge is 0.457 e. The van der Waals surface area contributed by atoms with Crippen LogP contribution in [0.3, 0.4) is 0 Å². The van der Waals surface area contributed by atoms with Crippen molar-refractivity contribution in [2.75, 3.05) is 7.11 Å². The van der Waals surface area contributed by atoms with E-state index in [-0.39, 0.29) is 13.2 Å². The topological polar surface area (TPSA) is 48.4 Å². The summed E-state index contributed by atoms with van der Waals surface area (Å²) in [5.74, 6) is -0.428. The number of hydrogen-bond donors (Lipinski definition) is 0. The van der Waals surface area contributed by atoms with Crippen LogP contribution in [0.15, 0.2) is 48.5 Å². The van der Waals surface area contributed by atoms with Gasteiger partial charge in [-0.15, -0.1) is 0 Å². The SMILES string of the molecule is COCc1nc2ccccc2c(C)c1C(=O)OCc1ccccc1Cl. The Kier molecular flexibility index (Phi) is 5.31. The molecule has 0 aliphatic heterocycles. The minimum atomic E-state index is -0.428. The third-order valence-electron chi connectivity index (χ3n) is 4.03. The van der Waals surface area contributed by atoms with E-state index in [1.165, 1.54) is 0 Å². The molecule has 0 saturated carbocycles. The number of nitrogens with zero attached hydrogens (tertiary/aromatic N) is 1. The molecule has 128 valence electrons. The second-order valence-corrected chi connectivity index (χ2v) is 6.08. The molecule has 0 N–H and O–H groups in total. The molecule has 25 heavy (non-hydrogen) atoms. The molecule has 0 atom stereocenters. The van der Waals surface area contributed by atoms with Crippen molar-refractivity contribution >= 4 is 28.5 Å². The van der Waals surface area contributed by atoms with E-state index in [1.54, 1.807) is 13.2 Å². The predicted octanol–water partition coefficient (Wildman–Crippen LogP) is 4.70. The Balaban J connectivity index is 1.95. The average Bonchev–Trinajstić information content (AvgIpc) is 2.61. The first-order valence-electron chi connectivity index (χ1n) is 7.89. The summed E-state index contributed by atoms with van der Waals surface area (Å²) in [5.41, 5.74) is 3.45. The van der Waals surface area contributed by atoms with Crippen molar-refractivity contribution < 1.29 is 14.3 Å². The van der Waals surface area contributed by atoms with Gasteiger partial charge in [0.25, 0.3) is 0 Å². The lowest BCUT2D eigenvalue weighted by Crippen LogP contribution is -2.13. The van der Waals surface area contributed by atoms with Gasteiger partial charge in [-0.2, -0.15) is 0 Å². The number of carbonyl (C=O) groups is 1. The van der Waals surface area contributed by atoms with Crippen LogP contribution in [0.1, 0.15) is 27.2 Å². The van der Waals surface area contributed by atoms with Crippen LogP contribution in [0.5, 0.6) is 0 Å². The monoisotopic (exact) mass is 355 g/mol. The fourth-order valence-corrected chi connectivity index (χ4v) is 2.97. The lowest BCUT2D eigenvalue weighted by Gasteiger charge is -2.14. The van der Waals surface area contributed by atoms with Gasteiger partial charge in [-0.05, 0) is 24.6 Å². The van der Waals surface area contributed by atoms with Crippen molar-refractivity contribution in [2.45, 2.75) is 20.1 Å². The number of esters is 1. The first-order valence-corrected chi connectivity index (χ1v) is 8.27. The van der Waals surface area contributed by atoms with Gasteiger partial charge in [-0.1, -0.05) is 48.0 Å². The standard InChI is InChI=1S/C20H18ClNO3/c1-13-15-8-4-6-10-17(15)22-18(12-24-2)19(13)20(23)25-11-14-7-3-5-9-16(14)21/h3-10H,11-12H2,1-2H3. The lowest BCUT2D eigenvalue weighted by atomic mass is 10.0. The number of pyridine rings is 1. The van der Waals surface area contributed by atoms with Crippen LogP contribution in [-0.2, 0) is 22.7 Å². The Morgan fingerprint density at radius 1 is 1.08 bits per heavy atom. The van der Waals surface area contributed by atoms with Gasteiger partial charge in [-0.25, -0.2) is 9.78 Å². The highest BCUT2D eigenvalue weighted by molar-refractivity contribution is 6.31. The number of benzene rings is 2. The summed E-state index contributed by atoms with van der Waals surface area (Å²) in [6, 6.07) is 15.0. The maximum absolute atomic E-state index is 12.7. The molecule has 1 aromatic heterocycles. The fraction of sp³-hybridized carbons (Fsp3) is 0.200. The van der Waals surface area contributed by atoms with Crippen molar-refractivity contribution in [2.24, 2.45) is 0 Å². The highest BCUT2D eigenvalue weighted by Crippen LogP contribution is 2.25. The molecule has 0 radical (unpaired) electrons. The van der Waals surface area contributed by atoms with Crippen LogP contribution in [0.2, 0.25) is 5.02 Å². The summed E-state index contributed by atoms with van der Waals surface area (Å²) in [4.78, 5) is 17.3. The minimum absolute atomic E-state index is 0.108. The van der Waals surface area contributed by atoms with E-state index in [4.69, 9.17) is 21.1 Å². The van der Waals surface area contributed by atoms with Gasteiger partial charge in [0.2, 0.25) is 0 Å². The van der Waals surface area contributed by atoms with Crippen LogP contribution in [0, 0.1) is 6.92 Å². The van der Waals surface area contributed by atoms with Crippen molar-refractivity contribution in [1.29, 1.82) is 0 Å². The molecular weight excluding hydrogens is 338 g/mol. The number of ether oxygens (including phenoxy) is 2. The van der Waals surface area contributed by atoms with Crippen LogP contribution < -0.4 is 0 Å². The van der Waals surface area contributed by atoms with E-state index in [2.05, 4.69) is 4.98 Å². The molecule has 0 amide bonds. The van der Waals surface area contributed by atoms with Gasteiger partial charge in [0.05, 0.1) is 23.4 Å². The van der Waals surface area contributed by atoms with Gasteiger partial charge in [-0.3, -0.25) is 0 Å². The predicted molar refractivity (Wildman–Crippen MR) is 97.8 cm³/mol. The Morgan fingerprint density at radius 2 is 1.80 bits per heavy atom. The van der Waals surface area contributed by atoms with E-state index in [1.807, 2.05) is 49.4 Å². The van der Waals surface area contributed by atoms with E-state index < -0.39 is 5.97 Å². The number of para-hydroxylation sites is 1. The summed E-state index contributed by atoms with van der Waals surface area (Å²) < 4.78 is 10.7. The maximum Gasteiger partial charge on any atom is 0.340 e. The molecule has 2 aromatic carbocycles. The number of fused-ring (bicyclic) bond motifs is 1. The summed E-state index contributed by atoms with van der Waals surface area (Å²) in [6.07, 6.45) is 0. The van der Waals surface area contributed by atoms with Gasteiger partial charge >= 0.3 is 5.97 Å². The van der Waals surface area contributed by atoms with Crippen LogP contribution in [0.25, 0.3) is 10.9 Å². The molecule has 0 unspecified atom stereocenters. The molecule has 0 aliphatic carbocycles. The first-order chi connectivity index (χ1) is 12.1. The molecule has 0 spiro atoms. The summed E-state index contributed by atoms with van der Waals surface area (Å²) >= 11 is 6.12. The van der Waals surface area contributed by atoms with Crippen LogP contribution in [-0.4, -0.2) is 18.1 Å². The number of rotatable bonds is 5. The zero-order valence-electron chi connectivity index (χ0n) is 14.1. The Labute approximate surface area is 151 Å². The minimum Gasteiger partial charge on any atom is -0.457 e. The maximum atomic E-state index is 12.7. The summed E-state index contributed by atoms with van der Waals surface area (Å²) in [7, 11) is 1.57. The van der Waals surface area contributed by atoms with Crippen LogP contribution >= 0.6 is 11.6 Å². The van der Waals surface area contributed by atoms with Crippen molar-refractivity contribution in [1.82, 2.24) is 4.98 Å². The first kappa shape index (κ1) is 17.4. The van der Waals surface area contributed by atoms with Gasteiger partial charge < -0.3 is 9.47 Å². The van der Waals surface area contributed by atoms with Gasteiger partial charge in [0, 0.05) is 23.1 Å². The van der Waals surface area contributed by atoms with E-state index in [9.17, 15) is 4.79 Å². The number of carbonyl (C=O) groups excluding carboxylic acids is 1. The highest BCUT2D eigenvalue weighted by atomic mass is 35.5. The van der Waals surface area contributed by atoms with Crippen LogP contribution in [0.4, 0.5) is 0 Å². The van der Waals surface area contributed by atoms with Crippen molar-refractivity contribution in [3.05, 3.63) is 75.9 Å². The number of methoxy groups -OCH3 is 1. The molecular formula is C20H18ClNO3. The molecule has 3 aromatic rings. The molecule has 4 nitrogen and oxygen atoms in total. The number of hydrogen-bond acceptors (Lipinski definition) is 4. The second-order valence-electron chi connectivity index (χ2n) is 5.68. The fourth-order valence-electron chi connectivity index (χ4n) is 2.78. The molecule has 3 rings (SSSR count). The molecule has 0 fully saturated rings. The normalized spacial score (nSPS) is 10.8. The third-order valence-corrected chi connectivity index (χ3v) is 4.40. The average molecular weight is 356 g/mol. The summed E-state index contributed by atoms with van der Waals surface area (Å²) in [6.45, 7) is 2.24. The van der Waals surface area contributed by atoms with E-state index in [0.717, 1.165) is 22.0 Å². The zero-order chi connectivity index (χ0) is 17.8. The number of aromatic nitrogens is 1. The molecule has 0 saturated heterocycles. The van der Waals surface area contributed by atoms with Gasteiger partial charge in [0.1, 0.15) is 6.61 Å². The summed E-state index contributed by atoms with van der Waals surface area (Å²) in [5, 5.41) is 1.49. The molecule has 0 aliphatic rings. The Morgan fingerprint density at radius 3 is 2.56 bits per heavy atom. The third kappa shape index (κ3) is 3.65. The second kappa shape index (κ2) is 7.64. The molecule has 5 heteroatoms.